The van der Waals surface area contributed by atoms with Gasteiger partial charge in [-0.15, -0.1) is 0 Å². The van der Waals surface area contributed by atoms with Gasteiger partial charge in [0.25, 0.3) is 0 Å². The second-order valence-electron chi connectivity index (χ2n) is 5.67. The third-order valence-electron chi connectivity index (χ3n) is 3.19. The van der Waals surface area contributed by atoms with Crippen LogP contribution in [0.25, 0.3) is 0 Å². The number of nitrogens with zero attached hydrogens (tertiary/aromatic N) is 2. The third kappa shape index (κ3) is 14.2. The molecule has 1 aromatic carbocycles. The van der Waals surface area contributed by atoms with Gasteiger partial charge in [0.15, 0.2) is 0 Å². The van der Waals surface area contributed by atoms with E-state index in [1.807, 2.05) is 0 Å². The molecule has 0 saturated carbocycles. The topological polar surface area (TPSA) is 193 Å². The van der Waals surface area contributed by atoms with E-state index in [4.69, 9.17) is 25.5 Å². The molecule has 1 aromatic rings. The molecule has 0 heterocycles. The van der Waals surface area contributed by atoms with Gasteiger partial charge in [-0.2, -0.15) is 0 Å². The summed E-state index contributed by atoms with van der Waals surface area (Å²) in [7, 11) is 0. The normalized spacial score (nSPS) is 10.1. The Morgan fingerprint density at radius 1 is 0.586 bits per heavy atom. The average molecular weight is 414 g/mol. The molecule has 0 radical (unpaired) electrons. The summed E-state index contributed by atoms with van der Waals surface area (Å²) in [5.41, 5.74) is 0.331. The van der Waals surface area contributed by atoms with Gasteiger partial charge in [-0.05, 0) is 12.1 Å². The fourth-order valence-corrected chi connectivity index (χ4v) is 2.06. The highest BCUT2D eigenvalue weighted by Crippen LogP contribution is 1.96. The minimum atomic E-state index is -1.23. The van der Waals surface area contributed by atoms with Crippen molar-refractivity contribution in [2.45, 2.75) is 0 Å². The number of carbonyl (C=O) groups is 5. The fourth-order valence-electron chi connectivity index (χ4n) is 2.06. The zero-order chi connectivity index (χ0) is 22.4. The van der Waals surface area contributed by atoms with Gasteiger partial charge in [-0.3, -0.25) is 29.0 Å². The van der Waals surface area contributed by atoms with Crippen LogP contribution in [0.1, 0.15) is 10.4 Å². The van der Waals surface area contributed by atoms with Crippen molar-refractivity contribution in [2.24, 2.45) is 0 Å². The first-order chi connectivity index (χ1) is 13.5. The van der Waals surface area contributed by atoms with Gasteiger partial charge in [-0.1, -0.05) is 18.2 Å². The molecule has 0 atom stereocenters. The maximum absolute atomic E-state index is 10.6. The predicted octanol–water partition coefficient (Wildman–Crippen LogP) is -0.686. The van der Waals surface area contributed by atoms with Gasteiger partial charge >= 0.3 is 29.8 Å². The van der Waals surface area contributed by atoms with E-state index in [2.05, 4.69) is 0 Å². The van der Waals surface area contributed by atoms with E-state index in [1.165, 1.54) is 0 Å². The number of hydrogen-bond donors (Lipinski definition) is 5. The molecule has 0 bridgehead atoms. The van der Waals surface area contributed by atoms with Crippen molar-refractivity contribution in [2.75, 3.05) is 39.3 Å². The highest BCUT2D eigenvalue weighted by atomic mass is 16.4. The van der Waals surface area contributed by atoms with Crippen molar-refractivity contribution in [3.63, 3.8) is 0 Å². The zero-order valence-corrected chi connectivity index (χ0v) is 15.3. The summed E-state index contributed by atoms with van der Waals surface area (Å²) in [5.74, 6) is -5.79. The van der Waals surface area contributed by atoms with Crippen LogP contribution in [0, 0.1) is 0 Å². The highest BCUT2D eigenvalue weighted by molar-refractivity contribution is 5.87. The van der Waals surface area contributed by atoms with Crippen LogP contribution in [0.2, 0.25) is 0 Å². The zero-order valence-electron chi connectivity index (χ0n) is 15.3. The van der Waals surface area contributed by atoms with Crippen LogP contribution in [0.5, 0.6) is 0 Å². The van der Waals surface area contributed by atoms with Crippen molar-refractivity contribution in [3.05, 3.63) is 35.9 Å². The summed E-state index contributed by atoms with van der Waals surface area (Å²) in [6.45, 7) is -2.25. The summed E-state index contributed by atoms with van der Waals surface area (Å²) in [6, 6.07) is 8.30. The van der Waals surface area contributed by atoms with Crippen LogP contribution in [0.3, 0.4) is 0 Å². The van der Waals surface area contributed by atoms with Gasteiger partial charge in [0.2, 0.25) is 0 Å². The molecule has 0 saturated heterocycles. The first-order valence-corrected chi connectivity index (χ1v) is 8.11. The van der Waals surface area contributed by atoms with Gasteiger partial charge in [-0.25, -0.2) is 4.79 Å². The molecule has 0 aliphatic rings. The molecule has 12 nitrogen and oxygen atoms in total. The Morgan fingerprint density at radius 3 is 1.10 bits per heavy atom. The van der Waals surface area contributed by atoms with E-state index in [9.17, 15) is 24.0 Å². The maximum Gasteiger partial charge on any atom is 0.335 e. The van der Waals surface area contributed by atoms with Crippen LogP contribution in [-0.2, 0) is 19.2 Å². The standard InChI is InChI=1S/C10H16N2O8.C7H6O2/c13-7(14)3-11(4-8(15)16)1-2-12(5-9(17)18)6-10(19)20;8-7(9)6-4-2-1-3-5-6/h1-6H2,(H,13,14)(H,15,16)(H,17,18)(H,19,20);1-5H,(H,8,9). The molecule has 0 aromatic heterocycles. The number of carboxylic acid groups (broad SMARTS) is 5. The third-order valence-corrected chi connectivity index (χ3v) is 3.19. The number of aromatic carboxylic acids is 1. The van der Waals surface area contributed by atoms with E-state index in [-0.39, 0.29) is 13.1 Å². The minimum Gasteiger partial charge on any atom is -0.480 e. The number of benzene rings is 1. The lowest BCUT2D eigenvalue weighted by molar-refractivity contribution is -0.145. The van der Waals surface area contributed by atoms with Gasteiger partial charge in [0, 0.05) is 13.1 Å². The van der Waals surface area contributed by atoms with Gasteiger partial charge in [0.1, 0.15) is 0 Å². The van der Waals surface area contributed by atoms with Crippen LogP contribution >= 0.6 is 0 Å². The molecule has 0 spiro atoms. The van der Waals surface area contributed by atoms with Crippen molar-refractivity contribution in [1.82, 2.24) is 9.80 Å². The van der Waals surface area contributed by atoms with E-state index in [1.54, 1.807) is 30.3 Å². The van der Waals surface area contributed by atoms with Crippen molar-refractivity contribution < 1.29 is 49.5 Å². The number of aliphatic carboxylic acids is 4. The lowest BCUT2D eigenvalue weighted by Crippen LogP contribution is -2.43. The van der Waals surface area contributed by atoms with Crippen LogP contribution in [0.15, 0.2) is 30.3 Å². The predicted molar refractivity (Wildman–Crippen MR) is 96.8 cm³/mol. The molecule has 1 rings (SSSR count). The van der Waals surface area contributed by atoms with Gasteiger partial charge in [0.05, 0.1) is 31.7 Å². The van der Waals surface area contributed by atoms with E-state index >= 15 is 0 Å². The van der Waals surface area contributed by atoms with Crippen LogP contribution < -0.4 is 0 Å². The molecule has 0 aliphatic heterocycles. The molecule has 5 N–H and O–H groups in total. The number of hydrogen-bond acceptors (Lipinski definition) is 7. The largest absolute Gasteiger partial charge is 0.480 e. The van der Waals surface area contributed by atoms with Crippen molar-refractivity contribution in [3.8, 4) is 0 Å². The quantitative estimate of drug-likeness (QED) is 0.289. The monoisotopic (exact) mass is 414 g/mol. The van der Waals surface area contributed by atoms with Crippen LogP contribution in [0.4, 0.5) is 0 Å². The van der Waals surface area contributed by atoms with Crippen molar-refractivity contribution in [1.29, 1.82) is 0 Å². The highest BCUT2D eigenvalue weighted by Gasteiger charge is 2.18. The molecular formula is C17H22N2O10. The summed E-state index contributed by atoms with van der Waals surface area (Å²) in [4.78, 5) is 54.6. The Kier molecular flexibility index (Phi) is 12.0. The molecule has 160 valence electrons. The first kappa shape index (κ1) is 25.5. The minimum absolute atomic E-state index is 0.0703. The van der Waals surface area contributed by atoms with Gasteiger partial charge < -0.3 is 25.5 Å². The van der Waals surface area contributed by atoms with Crippen molar-refractivity contribution >= 4 is 29.8 Å². The lowest BCUT2D eigenvalue weighted by Gasteiger charge is -2.23. The summed E-state index contributed by atoms with van der Waals surface area (Å²) >= 11 is 0. The summed E-state index contributed by atoms with van der Waals surface area (Å²) < 4.78 is 0. The maximum atomic E-state index is 10.6. The van der Waals surface area contributed by atoms with E-state index in [0.717, 1.165) is 9.80 Å². The fraction of sp³-hybridized carbons (Fsp3) is 0.353. The van der Waals surface area contributed by atoms with E-state index in [0.29, 0.717) is 5.56 Å². The molecule has 0 fully saturated rings. The molecule has 12 heteroatoms. The first-order valence-electron chi connectivity index (χ1n) is 8.11. The smallest absolute Gasteiger partial charge is 0.335 e. The van der Waals surface area contributed by atoms with E-state index < -0.39 is 56.0 Å². The summed E-state index contributed by atoms with van der Waals surface area (Å²) in [5, 5.41) is 42.9. The SMILES string of the molecule is O=C(O)CN(CCN(CC(=O)O)CC(=O)O)CC(=O)O.O=C(O)c1ccccc1. The molecular weight excluding hydrogens is 392 g/mol. The Balaban J connectivity index is 0.000000717. The Bertz CT molecular complexity index is 639. The Labute approximate surface area is 165 Å². The summed E-state index contributed by atoms with van der Waals surface area (Å²) in [6.07, 6.45) is 0. The number of rotatable bonds is 12. The molecule has 0 unspecified atom stereocenters. The Morgan fingerprint density at radius 2 is 0.897 bits per heavy atom. The number of carboxylic acids is 5. The second-order valence-corrected chi connectivity index (χ2v) is 5.67. The molecule has 29 heavy (non-hydrogen) atoms. The molecule has 0 aliphatic carbocycles. The molecule has 0 amide bonds. The Hall–Kier alpha value is -3.51. The van der Waals surface area contributed by atoms with Crippen LogP contribution in [-0.4, -0.2) is 104 Å². The average Bonchev–Trinajstić information content (AvgIpc) is 2.59. The second kappa shape index (κ2) is 13.6. The lowest BCUT2D eigenvalue weighted by atomic mass is 10.2.